The fourth-order valence-electron chi connectivity index (χ4n) is 1.82. The first-order valence-electron chi connectivity index (χ1n) is 6.06. The monoisotopic (exact) mass is 288 g/mol. The van der Waals surface area contributed by atoms with E-state index in [4.69, 9.17) is 10.5 Å². The molecule has 0 spiro atoms. The van der Waals surface area contributed by atoms with Gasteiger partial charge in [0.15, 0.2) is 0 Å². The maximum absolute atomic E-state index is 12.9. The van der Waals surface area contributed by atoms with Gasteiger partial charge in [0, 0.05) is 5.56 Å². The van der Waals surface area contributed by atoms with Gasteiger partial charge in [-0.25, -0.2) is 4.39 Å². The van der Waals surface area contributed by atoms with Gasteiger partial charge in [-0.05, 0) is 36.4 Å². The molecule has 0 unspecified atom stereocenters. The van der Waals surface area contributed by atoms with Crippen LogP contribution in [0.3, 0.4) is 0 Å². The number of carbonyl (C=O) groups excluding carboxylic acids is 2. The molecule has 21 heavy (non-hydrogen) atoms. The van der Waals surface area contributed by atoms with Crippen LogP contribution in [0.4, 0.5) is 10.1 Å². The third-order valence-electron chi connectivity index (χ3n) is 2.86. The molecule has 0 bridgehead atoms. The predicted molar refractivity (Wildman–Crippen MR) is 75.9 cm³/mol. The average Bonchev–Trinajstić information content (AvgIpc) is 2.47. The van der Waals surface area contributed by atoms with E-state index in [1.807, 2.05) is 0 Å². The van der Waals surface area contributed by atoms with E-state index in [0.29, 0.717) is 5.75 Å². The number of primary amides is 1. The summed E-state index contributed by atoms with van der Waals surface area (Å²) in [6, 6.07) is 9.68. The van der Waals surface area contributed by atoms with E-state index >= 15 is 0 Å². The van der Waals surface area contributed by atoms with Crippen molar-refractivity contribution in [3.05, 3.63) is 59.4 Å². The SMILES string of the molecule is COc1cccc(C(N)=O)c1NC(=O)c1ccc(F)cc1. The van der Waals surface area contributed by atoms with Crippen molar-refractivity contribution in [2.45, 2.75) is 0 Å². The molecule has 108 valence electrons. The minimum Gasteiger partial charge on any atom is -0.495 e. The number of rotatable bonds is 4. The number of methoxy groups -OCH3 is 1. The molecule has 3 N–H and O–H groups in total. The van der Waals surface area contributed by atoms with Crippen LogP contribution < -0.4 is 15.8 Å². The number of para-hydroxylation sites is 1. The minimum atomic E-state index is -0.691. The summed E-state index contributed by atoms with van der Waals surface area (Å²) in [6.07, 6.45) is 0. The molecule has 5 nitrogen and oxygen atoms in total. The number of halogens is 1. The second-order valence-corrected chi connectivity index (χ2v) is 4.21. The van der Waals surface area contributed by atoms with Crippen molar-refractivity contribution in [3.63, 3.8) is 0 Å². The lowest BCUT2D eigenvalue weighted by molar-refractivity contribution is 0.100. The summed E-state index contributed by atoms with van der Waals surface area (Å²) in [7, 11) is 1.41. The van der Waals surface area contributed by atoms with Crippen molar-refractivity contribution in [2.24, 2.45) is 5.73 Å². The first kappa shape index (κ1) is 14.5. The number of benzene rings is 2. The number of hydrogen-bond donors (Lipinski definition) is 2. The lowest BCUT2D eigenvalue weighted by Crippen LogP contribution is -2.19. The molecule has 0 aliphatic rings. The molecule has 0 saturated carbocycles. The Kier molecular flexibility index (Phi) is 4.18. The number of hydrogen-bond acceptors (Lipinski definition) is 3. The molecule has 0 aromatic heterocycles. The number of nitrogens with one attached hydrogen (secondary N) is 1. The van der Waals surface area contributed by atoms with Crippen molar-refractivity contribution in [1.29, 1.82) is 0 Å². The van der Waals surface area contributed by atoms with Gasteiger partial charge in [0.25, 0.3) is 11.8 Å². The van der Waals surface area contributed by atoms with E-state index in [9.17, 15) is 14.0 Å². The Hall–Kier alpha value is -2.89. The molecule has 0 fully saturated rings. The molecule has 0 heterocycles. The molecular weight excluding hydrogens is 275 g/mol. The highest BCUT2D eigenvalue weighted by atomic mass is 19.1. The van der Waals surface area contributed by atoms with Gasteiger partial charge in [0.1, 0.15) is 11.6 Å². The highest BCUT2D eigenvalue weighted by molar-refractivity contribution is 6.09. The maximum Gasteiger partial charge on any atom is 0.255 e. The van der Waals surface area contributed by atoms with Crippen LogP contribution in [0.1, 0.15) is 20.7 Å². The lowest BCUT2D eigenvalue weighted by Gasteiger charge is -2.13. The van der Waals surface area contributed by atoms with Crippen LogP contribution in [-0.2, 0) is 0 Å². The van der Waals surface area contributed by atoms with Crippen molar-refractivity contribution in [3.8, 4) is 5.75 Å². The topological polar surface area (TPSA) is 81.4 Å². The highest BCUT2D eigenvalue weighted by Crippen LogP contribution is 2.28. The van der Waals surface area contributed by atoms with Gasteiger partial charge in [-0.15, -0.1) is 0 Å². The molecule has 0 radical (unpaired) electrons. The summed E-state index contributed by atoms with van der Waals surface area (Å²) >= 11 is 0. The van der Waals surface area contributed by atoms with Crippen molar-refractivity contribution >= 4 is 17.5 Å². The number of ether oxygens (including phenoxy) is 1. The van der Waals surface area contributed by atoms with Crippen LogP contribution in [0.2, 0.25) is 0 Å². The normalized spacial score (nSPS) is 10.0. The summed E-state index contributed by atoms with van der Waals surface area (Å²) in [5.74, 6) is -1.33. The summed E-state index contributed by atoms with van der Waals surface area (Å²) < 4.78 is 18.0. The molecule has 0 atom stereocenters. The van der Waals surface area contributed by atoms with Gasteiger partial charge >= 0.3 is 0 Å². The van der Waals surface area contributed by atoms with E-state index < -0.39 is 17.6 Å². The van der Waals surface area contributed by atoms with E-state index in [1.54, 1.807) is 12.1 Å². The summed E-state index contributed by atoms with van der Waals surface area (Å²) in [6.45, 7) is 0. The minimum absolute atomic E-state index is 0.129. The number of carbonyl (C=O) groups is 2. The van der Waals surface area contributed by atoms with E-state index in [-0.39, 0.29) is 16.8 Å². The van der Waals surface area contributed by atoms with Gasteiger partial charge < -0.3 is 15.8 Å². The predicted octanol–water partition coefficient (Wildman–Crippen LogP) is 2.19. The van der Waals surface area contributed by atoms with E-state index in [0.717, 1.165) is 0 Å². The molecular formula is C15H13FN2O3. The van der Waals surface area contributed by atoms with Gasteiger partial charge in [0.05, 0.1) is 18.4 Å². The van der Waals surface area contributed by atoms with Crippen LogP contribution in [0, 0.1) is 5.82 Å². The van der Waals surface area contributed by atoms with Crippen molar-refractivity contribution in [2.75, 3.05) is 12.4 Å². The molecule has 2 aromatic rings. The van der Waals surface area contributed by atoms with Crippen molar-refractivity contribution in [1.82, 2.24) is 0 Å². The Bertz CT molecular complexity index is 684. The zero-order valence-electron chi connectivity index (χ0n) is 11.2. The van der Waals surface area contributed by atoms with Crippen LogP contribution >= 0.6 is 0 Å². The smallest absolute Gasteiger partial charge is 0.255 e. The zero-order valence-corrected chi connectivity index (χ0v) is 11.2. The summed E-state index contributed by atoms with van der Waals surface area (Å²) in [5.41, 5.74) is 5.84. The van der Waals surface area contributed by atoms with Gasteiger partial charge in [-0.3, -0.25) is 9.59 Å². The Morgan fingerprint density at radius 3 is 2.38 bits per heavy atom. The number of anilines is 1. The second kappa shape index (κ2) is 6.04. The van der Waals surface area contributed by atoms with Crippen LogP contribution in [-0.4, -0.2) is 18.9 Å². The molecule has 0 saturated heterocycles. The lowest BCUT2D eigenvalue weighted by atomic mass is 10.1. The van der Waals surface area contributed by atoms with Gasteiger partial charge in [-0.1, -0.05) is 6.07 Å². The second-order valence-electron chi connectivity index (χ2n) is 4.21. The highest BCUT2D eigenvalue weighted by Gasteiger charge is 2.16. The van der Waals surface area contributed by atoms with Crippen LogP contribution in [0.5, 0.6) is 5.75 Å². The zero-order chi connectivity index (χ0) is 15.4. The maximum atomic E-state index is 12.9. The first-order valence-corrected chi connectivity index (χ1v) is 6.06. The van der Waals surface area contributed by atoms with Crippen LogP contribution in [0.25, 0.3) is 0 Å². The van der Waals surface area contributed by atoms with Crippen molar-refractivity contribution < 1.29 is 18.7 Å². The largest absolute Gasteiger partial charge is 0.495 e. The van der Waals surface area contributed by atoms with E-state index in [2.05, 4.69) is 5.32 Å². The first-order chi connectivity index (χ1) is 10.0. The third kappa shape index (κ3) is 3.17. The van der Waals surface area contributed by atoms with Gasteiger partial charge in [0.2, 0.25) is 0 Å². The molecule has 2 rings (SSSR count). The Labute approximate surface area is 120 Å². The number of amides is 2. The Morgan fingerprint density at radius 2 is 1.81 bits per heavy atom. The van der Waals surface area contributed by atoms with Crippen LogP contribution in [0.15, 0.2) is 42.5 Å². The molecule has 2 amide bonds. The van der Waals surface area contributed by atoms with Gasteiger partial charge in [-0.2, -0.15) is 0 Å². The quantitative estimate of drug-likeness (QED) is 0.904. The standard InChI is InChI=1S/C15H13FN2O3/c1-21-12-4-2-3-11(14(17)19)13(12)18-15(20)9-5-7-10(16)8-6-9/h2-8H,1H3,(H2,17,19)(H,18,20). The Balaban J connectivity index is 2.36. The average molecular weight is 288 g/mol. The fourth-order valence-corrected chi connectivity index (χ4v) is 1.82. The Morgan fingerprint density at radius 1 is 1.14 bits per heavy atom. The fraction of sp³-hybridized carbons (Fsp3) is 0.0667. The summed E-state index contributed by atoms with van der Waals surface area (Å²) in [5, 5.41) is 2.56. The molecule has 2 aromatic carbocycles. The van der Waals surface area contributed by atoms with E-state index in [1.165, 1.54) is 37.4 Å². The third-order valence-corrected chi connectivity index (χ3v) is 2.86. The molecule has 6 heteroatoms. The number of nitrogens with two attached hydrogens (primary N) is 1. The molecule has 0 aliphatic heterocycles. The summed E-state index contributed by atoms with van der Waals surface area (Å²) in [4.78, 5) is 23.5. The molecule has 0 aliphatic carbocycles.